The summed E-state index contributed by atoms with van der Waals surface area (Å²) in [5.74, 6) is 0.826. The number of carbonyl (C=O) groups excluding carboxylic acids is 3. The maximum absolute atomic E-state index is 12.8. The summed E-state index contributed by atoms with van der Waals surface area (Å²) in [7, 11) is 0. The SMILES string of the molecule is CCOCC(=O)N1CCC(CN2CCOC(CNC(=O)c3cc(Cl)c(N)cc3OCC)C2)CC1.CCOCC(=O)O.CCOc1cc(N)c(Cl)cc1C(=O)NCC1CN(CC2CCNCC2)CCO1. The number of carbonyl (C=O) groups is 4. The number of amides is 3. The van der Waals surface area contributed by atoms with Crippen molar-refractivity contribution in [1.29, 1.82) is 0 Å². The van der Waals surface area contributed by atoms with Crippen molar-refractivity contribution in [1.82, 2.24) is 30.7 Å². The van der Waals surface area contributed by atoms with Gasteiger partial charge in [-0.05, 0) is 90.4 Å². The second-order valence-electron chi connectivity index (χ2n) is 17.2. The minimum Gasteiger partial charge on any atom is -0.493 e. The molecule has 4 fully saturated rings. The minimum atomic E-state index is -0.915. The summed E-state index contributed by atoms with van der Waals surface area (Å²) in [4.78, 5) is 54.0. The van der Waals surface area contributed by atoms with Gasteiger partial charge in [0, 0.05) is 90.8 Å². The molecule has 3 amide bonds. The highest BCUT2D eigenvalue weighted by molar-refractivity contribution is 6.34. The molecule has 2 aromatic rings. The molecule has 4 aliphatic rings. The average molecular weight is 1010 g/mol. The predicted molar refractivity (Wildman–Crippen MR) is 267 cm³/mol. The molecule has 388 valence electrons. The molecule has 0 bridgehead atoms. The van der Waals surface area contributed by atoms with Gasteiger partial charge in [-0.25, -0.2) is 4.79 Å². The fourth-order valence-electron chi connectivity index (χ4n) is 8.42. The lowest BCUT2D eigenvalue weighted by Gasteiger charge is -2.38. The number of carboxylic acid groups (broad SMARTS) is 1. The Balaban J connectivity index is 0.000000267. The van der Waals surface area contributed by atoms with Gasteiger partial charge in [-0.3, -0.25) is 24.2 Å². The average Bonchev–Trinajstić information content (AvgIpc) is 3.34. The molecular formula is C48H76Cl2N8O11. The van der Waals surface area contributed by atoms with Crippen LogP contribution in [0.1, 0.15) is 74.1 Å². The molecule has 0 spiro atoms. The van der Waals surface area contributed by atoms with E-state index in [1.165, 1.54) is 18.9 Å². The second-order valence-corrected chi connectivity index (χ2v) is 18.0. The van der Waals surface area contributed by atoms with E-state index < -0.39 is 5.97 Å². The van der Waals surface area contributed by atoms with Crippen molar-refractivity contribution >= 4 is 58.3 Å². The Morgan fingerprint density at radius 2 is 1.13 bits per heavy atom. The quantitative estimate of drug-likeness (QED) is 0.103. The minimum absolute atomic E-state index is 0.0146. The Kier molecular flexibility index (Phi) is 26.0. The first-order valence-electron chi connectivity index (χ1n) is 24.3. The van der Waals surface area contributed by atoms with Crippen LogP contribution in [0.3, 0.4) is 0 Å². The Morgan fingerprint density at radius 1 is 0.681 bits per heavy atom. The second kappa shape index (κ2) is 31.2. The summed E-state index contributed by atoms with van der Waals surface area (Å²) in [6.45, 7) is 20.7. The number of anilines is 2. The highest BCUT2D eigenvalue weighted by atomic mass is 35.5. The van der Waals surface area contributed by atoms with E-state index in [0.29, 0.717) is 103 Å². The number of aliphatic carboxylic acids is 1. The van der Waals surface area contributed by atoms with Crippen molar-refractivity contribution in [2.45, 2.75) is 65.6 Å². The standard InChI is InChI=1S/C24H37ClN4O5.C20H31ClN4O3.C4H8O3/c1-3-32-16-23(30)29-7-5-17(6-8-29)14-28-9-10-34-18(15-28)13-27-24(31)19-11-20(25)21(26)12-22(19)33-4-2;1-2-27-19-10-18(22)17(21)9-16(19)20(26)24-11-15-13-25(7-8-28-15)12-14-3-5-23-6-4-14;1-2-7-3-4(5)6/h11-12,17-18H,3-10,13-16,26H2,1-2H3,(H,27,31);9-10,14-15,23H,2-8,11-13,22H2,1H3,(H,24,26);2-3H2,1H3,(H,5,6). The Hall–Kier alpha value is -4.18. The van der Waals surface area contributed by atoms with E-state index in [9.17, 15) is 19.2 Å². The molecule has 21 heteroatoms. The third kappa shape index (κ3) is 20.2. The van der Waals surface area contributed by atoms with Gasteiger partial charge in [-0.15, -0.1) is 0 Å². The van der Waals surface area contributed by atoms with Gasteiger partial charge in [0.25, 0.3) is 11.8 Å². The summed E-state index contributed by atoms with van der Waals surface area (Å²) in [5.41, 5.74) is 13.2. The number of nitrogens with two attached hydrogens (primary N) is 2. The normalized spacial score (nSPS) is 19.3. The number of nitrogens with one attached hydrogen (secondary N) is 3. The third-order valence-electron chi connectivity index (χ3n) is 12.0. The summed E-state index contributed by atoms with van der Waals surface area (Å²) in [6, 6.07) is 6.27. The van der Waals surface area contributed by atoms with E-state index in [2.05, 4.69) is 30.5 Å². The van der Waals surface area contributed by atoms with Crippen molar-refractivity contribution in [2.75, 3.05) is 143 Å². The number of likely N-dealkylation sites (tertiary alicyclic amines) is 1. The third-order valence-corrected chi connectivity index (χ3v) is 12.7. The molecule has 2 aromatic carbocycles. The van der Waals surface area contributed by atoms with Gasteiger partial charge in [-0.2, -0.15) is 0 Å². The number of nitrogen functional groups attached to an aromatic ring is 2. The number of rotatable bonds is 20. The number of morpholine rings is 2. The highest BCUT2D eigenvalue weighted by Crippen LogP contribution is 2.30. The van der Waals surface area contributed by atoms with Crippen molar-refractivity contribution < 1.29 is 52.7 Å². The van der Waals surface area contributed by atoms with Gasteiger partial charge < -0.3 is 65.8 Å². The van der Waals surface area contributed by atoms with E-state index in [1.807, 2.05) is 25.7 Å². The molecule has 4 heterocycles. The number of halogens is 2. The zero-order valence-electron chi connectivity index (χ0n) is 40.9. The number of ether oxygens (including phenoxy) is 6. The van der Waals surface area contributed by atoms with E-state index >= 15 is 0 Å². The molecule has 0 aromatic heterocycles. The van der Waals surface area contributed by atoms with E-state index in [0.717, 1.165) is 84.2 Å². The molecule has 8 N–H and O–H groups in total. The zero-order chi connectivity index (χ0) is 50.1. The van der Waals surface area contributed by atoms with Crippen molar-refractivity contribution in [3.8, 4) is 11.5 Å². The molecule has 0 radical (unpaired) electrons. The smallest absolute Gasteiger partial charge is 0.329 e. The lowest BCUT2D eigenvalue weighted by atomic mass is 9.95. The maximum Gasteiger partial charge on any atom is 0.329 e. The fourth-order valence-corrected chi connectivity index (χ4v) is 8.74. The molecule has 2 atom stereocenters. The first kappa shape index (κ1) is 57.4. The topological polar surface area (TPSA) is 242 Å². The van der Waals surface area contributed by atoms with Crippen LogP contribution in [0.15, 0.2) is 24.3 Å². The highest BCUT2D eigenvalue weighted by Gasteiger charge is 2.29. The molecule has 2 unspecified atom stereocenters. The molecule has 4 saturated heterocycles. The van der Waals surface area contributed by atoms with Gasteiger partial charge in [-0.1, -0.05) is 23.2 Å². The largest absolute Gasteiger partial charge is 0.493 e. The summed E-state index contributed by atoms with van der Waals surface area (Å²) in [6.07, 6.45) is 4.35. The van der Waals surface area contributed by atoms with Crippen LogP contribution < -0.4 is 36.9 Å². The van der Waals surface area contributed by atoms with E-state index in [-0.39, 0.29) is 43.1 Å². The van der Waals surface area contributed by atoms with Crippen LogP contribution in [0.5, 0.6) is 11.5 Å². The first-order valence-corrected chi connectivity index (χ1v) is 25.0. The van der Waals surface area contributed by atoms with Crippen LogP contribution in [0.4, 0.5) is 11.4 Å². The van der Waals surface area contributed by atoms with Crippen molar-refractivity contribution in [2.24, 2.45) is 11.8 Å². The molecule has 19 nitrogen and oxygen atoms in total. The Morgan fingerprint density at radius 3 is 1.55 bits per heavy atom. The van der Waals surface area contributed by atoms with Crippen molar-refractivity contribution in [3.05, 3.63) is 45.4 Å². The van der Waals surface area contributed by atoms with Crippen LogP contribution in [0.25, 0.3) is 0 Å². The number of hydrogen-bond donors (Lipinski definition) is 6. The molecular weight excluding hydrogens is 935 g/mol. The molecule has 4 aliphatic heterocycles. The lowest BCUT2D eigenvalue weighted by molar-refractivity contribution is -0.142. The maximum atomic E-state index is 12.8. The molecule has 6 rings (SSSR count). The molecule has 0 saturated carbocycles. The van der Waals surface area contributed by atoms with Crippen LogP contribution in [-0.2, 0) is 28.5 Å². The predicted octanol–water partition coefficient (Wildman–Crippen LogP) is 3.89. The van der Waals surface area contributed by atoms with Gasteiger partial charge >= 0.3 is 5.97 Å². The summed E-state index contributed by atoms with van der Waals surface area (Å²) in [5, 5.41) is 17.9. The number of piperidine rings is 2. The Labute approximate surface area is 417 Å². The van der Waals surface area contributed by atoms with Gasteiger partial charge in [0.1, 0.15) is 24.7 Å². The summed E-state index contributed by atoms with van der Waals surface area (Å²) >= 11 is 12.2. The monoisotopic (exact) mass is 1010 g/mol. The number of nitrogens with zero attached hydrogens (tertiary/aromatic N) is 3. The van der Waals surface area contributed by atoms with Crippen LogP contribution in [0.2, 0.25) is 10.0 Å². The molecule has 0 aliphatic carbocycles. The van der Waals surface area contributed by atoms with E-state index in [4.69, 9.17) is 63.5 Å². The van der Waals surface area contributed by atoms with Gasteiger partial charge in [0.2, 0.25) is 5.91 Å². The number of benzene rings is 2. The van der Waals surface area contributed by atoms with Crippen LogP contribution >= 0.6 is 23.2 Å². The van der Waals surface area contributed by atoms with E-state index in [1.54, 1.807) is 25.1 Å². The number of carboxylic acids is 1. The Bertz CT molecular complexity index is 1910. The lowest BCUT2D eigenvalue weighted by Crippen LogP contribution is -2.50. The van der Waals surface area contributed by atoms with Gasteiger partial charge in [0.15, 0.2) is 0 Å². The van der Waals surface area contributed by atoms with Crippen LogP contribution in [0, 0.1) is 11.8 Å². The molecule has 69 heavy (non-hydrogen) atoms. The number of hydrogen-bond acceptors (Lipinski definition) is 15. The van der Waals surface area contributed by atoms with Gasteiger partial charge in [0.05, 0.1) is 71.2 Å². The van der Waals surface area contributed by atoms with Crippen molar-refractivity contribution in [3.63, 3.8) is 0 Å². The van der Waals surface area contributed by atoms with Crippen LogP contribution in [-0.4, -0.2) is 187 Å². The summed E-state index contributed by atoms with van der Waals surface area (Å²) < 4.78 is 32.6. The fraction of sp³-hybridized carbons (Fsp3) is 0.667. The first-order chi connectivity index (χ1) is 33.2. The zero-order valence-corrected chi connectivity index (χ0v) is 42.4.